The molecule has 1 aromatic carbocycles. The number of anilines is 1. The minimum absolute atomic E-state index is 0.113. The number of methoxy groups -OCH3 is 1. The van der Waals surface area contributed by atoms with Crippen LogP contribution in [-0.2, 0) is 17.9 Å². The fourth-order valence-corrected chi connectivity index (χ4v) is 2.82. The van der Waals surface area contributed by atoms with Crippen LogP contribution in [0.1, 0.15) is 18.2 Å². The summed E-state index contributed by atoms with van der Waals surface area (Å²) in [5, 5.41) is 7.42. The van der Waals surface area contributed by atoms with Crippen molar-refractivity contribution in [2.45, 2.75) is 20.1 Å². The van der Waals surface area contributed by atoms with Crippen molar-refractivity contribution in [2.24, 2.45) is 0 Å². The monoisotopic (exact) mass is 351 g/mol. The van der Waals surface area contributed by atoms with E-state index in [4.69, 9.17) is 9.47 Å². The number of aromatic nitrogens is 4. The molecule has 0 spiro atoms. The van der Waals surface area contributed by atoms with E-state index in [-0.39, 0.29) is 5.91 Å². The standard InChI is InChI=1S/C18H17N5O3/c1-11(24)21-14-4-3-12-9-23-15(10-26-17(12)5-14)6-16(22-23)13-7-19-18(25-2)20-8-13/h3-8H,9-10H2,1-2H3,(H,21,24). The van der Waals surface area contributed by atoms with E-state index in [1.165, 1.54) is 14.0 Å². The molecule has 0 fully saturated rings. The van der Waals surface area contributed by atoms with E-state index in [0.29, 0.717) is 24.8 Å². The Morgan fingerprint density at radius 1 is 1.27 bits per heavy atom. The third-order valence-corrected chi connectivity index (χ3v) is 4.05. The van der Waals surface area contributed by atoms with Crippen molar-refractivity contribution in [2.75, 3.05) is 12.4 Å². The third-order valence-electron chi connectivity index (χ3n) is 4.05. The van der Waals surface area contributed by atoms with Crippen LogP contribution in [0.4, 0.5) is 5.69 Å². The number of nitrogens with zero attached hydrogens (tertiary/aromatic N) is 4. The zero-order valence-electron chi connectivity index (χ0n) is 14.4. The van der Waals surface area contributed by atoms with Crippen molar-refractivity contribution in [3.8, 4) is 23.0 Å². The number of nitrogens with one attached hydrogen (secondary N) is 1. The quantitative estimate of drug-likeness (QED) is 0.778. The summed E-state index contributed by atoms with van der Waals surface area (Å²) in [4.78, 5) is 19.5. The molecule has 3 heterocycles. The predicted octanol–water partition coefficient (Wildman–Crippen LogP) is 2.25. The zero-order valence-corrected chi connectivity index (χ0v) is 14.4. The Kier molecular flexibility index (Phi) is 4.00. The van der Waals surface area contributed by atoms with E-state index in [2.05, 4.69) is 20.4 Å². The van der Waals surface area contributed by atoms with Crippen molar-refractivity contribution in [3.63, 3.8) is 0 Å². The first-order valence-corrected chi connectivity index (χ1v) is 8.09. The van der Waals surface area contributed by atoms with E-state index >= 15 is 0 Å². The van der Waals surface area contributed by atoms with Crippen molar-refractivity contribution in [1.29, 1.82) is 0 Å². The van der Waals surface area contributed by atoms with Gasteiger partial charge in [0.05, 0.1) is 25.0 Å². The normalized spacial score (nSPS) is 12.4. The van der Waals surface area contributed by atoms with Gasteiger partial charge in [0.1, 0.15) is 12.4 Å². The molecule has 8 heteroatoms. The number of carbonyl (C=O) groups excluding carboxylic acids is 1. The Bertz CT molecular complexity index is 965. The van der Waals surface area contributed by atoms with Crippen LogP contribution in [0.15, 0.2) is 36.7 Å². The van der Waals surface area contributed by atoms with Crippen molar-refractivity contribution in [3.05, 3.63) is 47.9 Å². The molecule has 0 aliphatic carbocycles. The molecule has 132 valence electrons. The van der Waals surface area contributed by atoms with Gasteiger partial charge < -0.3 is 14.8 Å². The predicted molar refractivity (Wildman–Crippen MR) is 94.0 cm³/mol. The Morgan fingerprint density at radius 3 is 2.81 bits per heavy atom. The lowest BCUT2D eigenvalue weighted by Crippen LogP contribution is -2.06. The molecule has 0 bridgehead atoms. The molecule has 26 heavy (non-hydrogen) atoms. The number of amides is 1. The lowest BCUT2D eigenvalue weighted by molar-refractivity contribution is -0.114. The highest BCUT2D eigenvalue weighted by molar-refractivity contribution is 5.88. The molecule has 2 aromatic heterocycles. The molecule has 1 aliphatic rings. The molecule has 3 aromatic rings. The van der Waals surface area contributed by atoms with E-state index in [1.54, 1.807) is 12.4 Å². The fraction of sp³-hybridized carbons (Fsp3) is 0.222. The lowest BCUT2D eigenvalue weighted by atomic mass is 10.2. The van der Waals surface area contributed by atoms with Crippen LogP contribution in [0, 0.1) is 0 Å². The maximum atomic E-state index is 11.2. The van der Waals surface area contributed by atoms with Crippen molar-refractivity contribution >= 4 is 11.6 Å². The smallest absolute Gasteiger partial charge is 0.316 e. The second-order valence-corrected chi connectivity index (χ2v) is 5.93. The Morgan fingerprint density at radius 2 is 2.08 bits per heavy atom. The Hall–Kier alpha value is -3.42. The number of hydrogen-bond donors (Lipinski definition) is 1. The van der Waals surface area contributed by atoms with Crippen LogP contribution in [-0.4, -0.2) is 32.8 Å². The maximum Gasteiger partial charge on any atom is 0.316 e. The number of fused-ring (bicyclic) bond motifs is 2. The van der Waals surface area contributed by atoms with Gasteiger partial charge in [-0.1, -0.05) is 6.07 Å². The highest BCUT2D eigenvalue weighted by Gasteiger charge is 2.18. The molecule has 1 aliphatic heterocycles. The highest BCUT2D eigenvalue weighted by atomic mass is 16.5. The van der Waals surface area contributed by atoms with Gasteiger partial charge in [-0.3, -0.25) is 9.48 Å². The van der Waals surface area contributed by atoms with Crippen LogP contribution < -0.4 is 14.8 Å². The summed E-state index contributed by atoms with van der Waals surface area (Å²) in [7, 11) is 1.53. The first-order valence-electron chi connectivity index (χ1n) is 8.09. The molecule has 1 N–H and O–H groups in total. The topological polar surface area (TPSA) is 91.2 Å². The van der Waals surface area contributed by atoms with Gasteiger partial charge in [0, 0.05) is 42.2 Å². The van der Waals surface area contributed by atoms with E-state index in [1.807, 2.05) is 28.9 Å². The summed E-state index contributed by atoms with van der Waals surface area (Å²) in [5.41, 5.74) is 4.26. The summed E-state index contributed by atoms with van der Waals surface area (Å²) in [6.07, 6.45) is 3.37. The summed E-state index contributed by atoms with van der Waals surface area (Å²) in [6.45, 7) is 2.45. The van der Waals surface area contributed by atoms with Crippen LogP contribution >= 0.6 is 0 Å². The first kappa shape index (κ1) is 16.1. The molecule has 1 amide bonds. The largest absolute Gasteiger partial charge is 0.487 e. The molecule has 0 radical (unpaired) electrons. The van der Waals surface area contributed by atoms with Crippen LogP contribution in [0.25, 0.3) is 11.3 Å². The van der Waals surface area contributed by atoms with E-state index in [9.17, 15) is 4.79 Å². The first-order chi connectivity index (χ1) is 12.6. The lowest BCUT2D eigenvalue weighted by Gasteiger charge is -2.09. The number of rotatable bonds is 3. The highest BCUT2D eigenvalue weighted by Crippen LogP contribution is 2.29. The second-order valence-electron chi connectivity index (χ2n) is 5.93. The summed E-state index contributed by atoms with van der Waals surface area (Å²) < 4.78 is 12.8. The molecule has 0 unspecified atom stereocenters. The molecule has 0 saturated carbocycles. The van der Waals surface area contributed by atoms with Crippen LogP contribution in [0.2, 0.25) is 0 Å². The maximum absolute atomic E-state index is 11.2. The zero-order chi connectivity index (χ0) is 18.1. The van der Waals surface area contributed by atoms with Crippen LogP contribution in [0.3, 0.4) is 0 Å². The Labute approximate surface area is 149 Å². The Balaban J connectivity index is 1.61. The molecular weight excluding hydrogens is 334 g/mol. The fourth-order valence-electron chi connectivity index (χ4n) is 2.82. The van der Waals surface area contributed by atoms with Gasteiger partial charge in [-0.2, -0.15) is 5.10 Å². The minimum atomic E-state index is -0.113. The molecule has 0 atom stereocenters. The van der Waals surface area contributed by atoms with Gasteiger partial charge >= 0.3 is 6.01 Å². The van der Waals surface area contributed by atoms with Crippen LogP contribution in [0.5, 0.6) is 11.8 Å². The minimum Gasteiger partial charge on any atom is -0.487 e. The number of benzene rings is 1. The SMILES string of the molecule is COc1ncc(-c2cc3n(n2)Cc2ccc(NC(C)=O)cc2OC3)cn1. The number of ether oxygens (including phenoxy) is 2. The van der Waals surface area contributed by atoms with Crippen molar-refractivity contribution < 1.29 is 14.3 Å². The summed E-state index contributed by atoms with van der Waals surface area (Å²) >= 11 is 0. The summed E-state index contributed by atoms with van der Waals surface area (Å²) in [6, 6.07) is 7.92. The molecule has 8 nitrogen and oxygen atoms in total. The number of carbonyl (C=O) groups is 1. The van der Waals surface area contributed by atoms with Gasteiger partial charge in [-0.15, -0.1) is 0 Å². The molecule has 4 rings (SSSR count). The van der Waals surface area contributed by atoms with Gasteiger partial charge in [-0.25, -0.2) is 9.97 Å². The summed E-state index contributed by atoms with van der Waals surface area (Å²) in [5.74, 6) is 0.633. The van der Waals surface area contributed by atoms with Gasteiger partial charge in [0.15, 0.2) is 0 Å². The second kappa shape index (κ2) is 6.47. The molecular formula is C18H17N5O3. The van der Waals surface area contributed by atoms with Gasteiger partial charge in [-0.05, 0) is 12.1 Å². The average molecular weight is 351 g/mol. The van der Waals surface area contributed by atoms with Gasteiger partial charge in [0.25, 0.3) is 0 Å². The molecule has 0 saturated heterocycles. The average Bonchev–Trinajstić information content (AvgIpc) is 2.96. The third kappa shape index (κ3) is 3.08. The van der Waals surface area contributed by atoms with Gasteiger partial charge in [0.2, 0.25) is 5.91 Å². The van der Waals surface area contributed by atoms with Crippen molar-refractivity contribution in [1.82, 2.24) is 19.7 Å². The number of hydrogen-bond acceptors (Lipinski definition) is 6. The van der Waals surface area contributed by atoms with E-state index in [0.717, 1.165) is 28.3 Å². The van der Waals surface area contributed by atoms with E-state index < -0.39 is 0 Å².